The van der Waals surface area contributed by atoms with E-state index in [9.17, 15) is 19.2 Å². The van der Waals surface area contributed by atoms with E-state index in [0.29, 0.717) is 4.90 Å². The number of hydrogen-bond donors (Lipinski definition) is 1. The third kappa shape index (κ3) is 8.86. The molecule has 0 bridgehead atoms. The van der Waals surface area contributed by atoms with Crippen molar-refractivity contribution in [2.45, 2.75) is 86.0 Å². The molecule has 0 aliphatic rings. The number of H-pyrrole nitrogens is 1. The number of rotatable bonds is 2. The van der Waals surface area contributed by atoms with E-state index in [1.165, 1.54) is 6.92 Å². The molecule has 1 heterocycles. The summed E-state index contributed by atoms with van der Waals surface area (Å²) in [4.78, 5) is 60.2. The standard InChI is InChI=1S/C21H32N4O7/c1-12(23-16(27)30-19(2,3)4)13-11-22-15(26)24-14(13)25(17(28)31-20(5,6)7)18(29)32-21(8,9)10/h11H,1-10H3,(H,22,24,26). The van der Waals surface area contributed by atoms with Gasteiger partial charge in [0.05, 0.1) is 11.3 Å². The summed E-state index contributed by atoms with van der Waals surface area (Å²) in [7, 11) is 0. The SMILES string of the molecule is CC(=NC(=O)OC(C)(C)C)c1cnc(=O)[nH]c1N(C(=O)OC(C)(C)C)C(=O)OC(C)(C)C. The minimum Gasteiger partial charge on any atom is -0.443 e. The van der Waals surface area contributed by atoms with Crippen molar-refractivity contribution >= 4 is 29.8 Å². The van der Waals surface area contributed by atoms with Gasteiger partial charge in [0.15, 0.2) is 0 Å². The van der Waals surface area contributed by atoms with Gasteiger partial charge in [-0.25, -0.2) is 24.2 Å². The third-order valence-corrected chi connectivity index (χ3v) is 3.21. The van der Waals surface area contributed by atoms with Crippen LogP contribution in [0, 0.1) is 0 Å². The van der Waals surface area contributed by atoms with Crippen LogP contribution in [0.2, 0.25) is 0 Å². The molecule has 0 aromatic carbocycles. The fraction of sp³-hybridized carbons (Fsp3) is 0.619. The lowest BCUT2D eigenvalue weighted by atomic mass is 10.2. The van der Waals surface area contributed by atoms with Crippen molar-refractivity contribution in [1.29, 1.82) is 0 Å². The number of aliphatic imine (C=N–C) groups is 1. The maximum atomic E-state index is 12.9. The fourth-order valence-corrected chi connectivity index (χ4v) is 2.18. The molecule has 11 nitrogen and oxygen atoms in total. The molecule has 0 saturated carbocycles. The molecule has 0 spiro atoms. The van der Waals surface area contributed by atoms with Crippen molar-refractivity contribution in [3.8, 4) is 0 Å². The molecule has 0 radical (unpaired) electrons. The first-order valence-electron chi connectivity index (χ1n) is 9.93. The van der Waals surface area contributed by atoms with Crippen LogP contribution in [0.15, 0.2) is 16.0 Å². The van der Waals surface area contributed by atoms with Gasteiger partial charge >= 0.3 is 24.0 Å². The summed E-state index contributed by atoms with van der Waals surface area (Å²) in [6.07, 6.45) is -2.01. The highest BCUT2D eigenvalue weighted by Crippen LogP contribution is 2.23. The molecule has 0 atom stereocenters. The molecular formula is C21H32N4O7. The third-order valence-electron chi connectivity index (χ3n) is 3.21. The maximum absolute atomic E-state index is 12.9. The van der Waals surface area contributed by atoms with Gasteiger partial charge in [-0.3, -0.25) is 4.98 Å². The molecule has 1 aromatic rings. The molecule has 32 heavy (non-hydrogen) atoms. The minimum absolute atomic E-state index is 0.0205. The van der Waals surface area contributed by atoms with Crippen molar-refractivity contribution < 1.29 is 28.6 Å². The van der Waals surface area contributed by atoms with Crippen molar-refractivity contribution in [2.75, 3.05) is 4.90 Å². The van der Waals surface area contributed by atoms with Crippen LogP contribution in [0.5, 0.6) is 0 Å². The predicted molar refractivity (Wildman–Crippen MR) is 118 cm³/mol. The molecule has 11 heteroatoms. The Morgan fingerprint density at radius 2 is 1.31 bits per heavy atom. The summed E-state index contributed by atoms with van der Waals surface area (Å²) in [5.74, 6) is -0.307. The van der Waals surface area contributed by atoms with Crippen LogP contribution in [0.1, 0.15) is 74.8 Å². The van der Waals surface area contributed by atoms with Crippen molar-refractivity contribution in [2.24, 2.45) is 4.99 Å². The molecule has 0 fully saturated rings. The molecule has 1 rings (SSSR count). The Balaban J connectivity index is 3.60. The Morgan fingerprint density at radius 3 is 1.72 bits per heavy atom. The highest BCUT2D eigenvalue weighted by molar-refractivity contribution is 6.15. The average molecular weight is 453 g/mol. The summed E-state index contributed by atoms with van der Waals surface area (Å²) in [5, 5.41) is 0. The van der Waals surface area contributed by atoms with Gasteiger partial charge in [0.2, 0.25) is 0 Å². The second-order valence-electron chi connectivity index (χ2n) is 9.92. The topological polar surface area (TPSA) is 140 Å². The Labute approximate surface area is 187 Å². The quantitative estimate of drug-likeness (QED) is 0.520. The lowest BCUT2D eigenvalue weighted by Gasteiger charge is -2.29. The molecule has 0 saturated heterocycles. The predicted octanol–water partition coefficient (Wildman–Crippen LogP) is 4.19. The summed E-state index contributed by atoms with van der Waals surface area (Å²) in [6, 6.07) is 0. The summed E-state index contributed by atoms with van der Waals surface area (Å²) in [6.45, 7) is 16.2. The van der Waals surface area contributed by atoms with Crippen molar-refractivity contribution in [1.82, 2.24) is 9.97 Å². The van der Waals surface area contributed by atoms with Crippen LogP contribution in [0.25, 0.3) is 0 Å². The number of hydrogen-bond acceptors (Lipinski definition) is 8. The molecule has 1 aromatic heterocycles. The zero-order valence-electron chi connectivity index (χ0n) is 20.3. The van der Waals surface area contributed by atoms with Gasteiger partial charge in [0.25, 0.3) is 0 Å². The largest absolute Gasteiger partial charge is 0.443 e. The number of carbonyl (C=O) groups excluding carboxylic acids is 3. The lowest BCUT2D eigenvalue weighted by molar-refractivity contribution is 0.0427. The van der Waals surface area contributed by atoms with E-state index >= 15 is 0 Å². The number of anilines is 1. The monoisotopic (exact) mass is 452 g/mol. The first-order valence-corrected chi connectivity index (χ1v) is 9.93. The van der Waals surface area contributed by atoms with E-state index in [1.54, 1.807) is 62.3 Å². The van der Waals surface area contributed by atoms with Gasteiger partial charge < -0.3 is 14.2 Å². The normalized spacial score (nSPS) is 12.8. The van der Waals surface area contributed by atoms with Gasteiger partial charge in [0.1, 0.15) is 22.6 Å². The Morgan fingerprint density at radius 1 is 0.875 bits per heavy atom. The van der Waals surface area contributed by atoms with E-state index < -0.39 is 40.8 Å². The van der Waals surface area contributed by atoms with Crippen molar-refractivity contribution in [3.63, 3.8) is 0 Å². The number of carbonyl (C=O) groups is 3. The second-order valence-corrected chi connectivity index (χ2v) is 9.92. The number of amides is 3. The first-order chi connectivity index (χ1) is 14.3. The van der Waals surface area contributed by atoms with Crippen LogP contribution in [-0.4, -0.2) is 50.8 Å². The zero-order chi connectivity index (χ0) is 25.1. The number of nitrogens with one attached hydrogen (secondary N) is 1. The Hall–Kier alpha value is -3.24. The molecule has 3 amide bonds. The minimum atomic E-state index is -1.10. The lowest BCUT2D eigenvalue weighted by Crippen LogP contribution is -2.45. The van der Waals surface area contributed by atoms with Gasteiger partial charge in [-0.2, -0.15) is 9.89 Å². The number of aromatic nitrogens is 2. The fourth-order valence-electron chi connectivity index (χ4n) is 2.18. The summed E-state index contributed by atoms with van der Waals surface area (Å²) in [5.41, 5.74) is -3.48. The first kappa shape index (κ1) is 26.8. The van der Waals surface area contributed by atoms with Crippen LogP contribution >= 0.6 is 0 Å². The zero-order valence-corrected chi connectivity index (χ0v) is 20.3. The van der Waals surface area contributed by atoms with Crippen LogP contribution in [-0.2, 0) is 14.2 Å². The Kier molecular flexibility index (Phi) is 7.95. The van der Waals surface area contributed by atoms with Gasteiger partial charge in [0, 0.05) is 6.20 Å². The molecule has 1 N–H and O–H groups in total. The molecule has 178 valence electrons. The van der Waals surface area contributed by atoms with Gasteiger partial charge in [-0.15, -0.1) is 0 Å². The van der Waals surface area contributed by atoms with Crippen LogP contribution < -0.4 is 10.6 Å². The summed E-state index contributed by atoms with van der Waals surface area (Å²) < 4.78 is 15.8. The number of ether oxygens (including phenoxy) is 3. The van der Waals surface area contributed by atoms with Crippen LogP contribution in [0.4, 0.5) is 20.2 Å². The maximum Gasteiger partial charge on any atom is 0.434 e. The Bertz CT molecular complexity index is 932. The molecule has 0 aliphatic carbocycles. The van der Waals surface area contributed by atoms with E-state index in [2.05, 4.69) is 15.0 Å². The average Bonchev–Trinajstić information content (AvgIpc) is 2.49. The highest BCUT2D eigenvalue weighted by Gasteiger charge is 2.35. The number of aromatic amines is 1. The van der Waals surface area contributed by atoms with E-state index in [4.69, 9.17) is 14.2 Å². The highest BCUT2D eigenvalue weighted by atomic mass is 16.6. The van der Waals surface area contributed by atoms with E-state index in [-0.39, 0.29) is 17.1 Å². The molecular weight excluding hydrogens is 420 g/mol. The summed E-state index contributed by atoms with van der Waals surface area (Å²) >= 11 is 0. The van der Waals surface area contributed by atoms with Gasteiger partial charge in [-0.05, 0) is 69.2 Å². The number of nitrogens with zero attached hydrogens (tertiary/aromatic N) is 3. The van der Waals surface area contributed by atoms with Crippen molar-refractivity contribution in [3.05, 3.63) is 22.2 Å². The van der Waals surface area contributed by atoms with E-state index in [1.807, 2.05) is 0 Å². The molecule has 0 unspecified atom stereocenters. The number of imide groups is 1. The van der Waals surface area contributed by atoms with E-state index in [0.717, 1.165) is 6.20 Å². The smallest absolute Gasteiger partial charge is 0.434 e. The second kappa shape index (κ2) is 9.49. The van der Waals surface area contributed by atoms with Crippen LogP contribution in [0.3, 0.4) is 0 Å². The van der Waals surface area contributed by atoms with Gasteiger partial charge in [-0.1, -0.05) is 0 Å². The molecule has 0 aliphatic heterocycles.